The molecule has 1 aromatic heterocycles. The van der Waals surface area contributed by atoms with Gasteiger partial charge in [-0.2, -0.15) is 9.78 Å². The number of hydrogen-bond donors (Lipinski definition) is 1. The summed E-state index contributed by atoms with van der Waals surface area (Å²) in [6.45, 7) is 2.32. The zero-order valence-corrected chi connectivity index (χ0v) is 9.98. The maximum Gasteiger partial charge on any atom is 0.341 e. The molecule has 6 nitrogen and oxygen atoms in total. The highest BCUT2D eigenvalue weighted by atomic mass is 79.9. The molecule has 15 heavy (non-hydrogen) atoms. The van der Waals surface area contributed by atoms with E-state index in [2.05, 4.69) is 31.5 Å². The average Bonchev–Trinajstić information content (AvgIpc) is 2.60. The fourth-order valence-corrected chi connectivity index (χ4v) is 1.21. The Bertz CT molecular complexity index is 375. The first-order chi connectivity index (χ1) is 7.19. The first-order valence-corrected chi connectivity index (χ1v) is 5.11. The number of carbonyl (C=O) groups excluding carboxylic acids is 1. The molecule has 0 radical (unpaired) electrons. The topological polar surface area (TPSA) is 68.5 Å². The minimum atomic E-state index is -0.313. The van der Waals surface area contributed by atoms with Crippen molar-refractivity contribution >= 4 is 28.2 Å². The Morgan fingerprint density at radius 3 is 3.20 bits per heavy atom. The van der Waals surface area contributed by atoms with Crippen molar-refractivity contribution in [3.63, 3.8) is 0 Å². The molecule has 0 aliphatic carbocycles. The van der Waals surface area contributed by atoms with Gasteiger partial charge in [0.2, 0.25) is 0 Å². The summed E-state index contributed by atoms with van der Waals surface area (Å²) in [6, 6.07) is -0.313. The van der Waals surface area contributed by atoms with Gasteiger partial charge in [-0.25, -0.2) is 4.79 Å². The zero-order chi connectivity index (χ0) is 11.3. The van der Waals surface area contributed by atoms with E-state index in [-0.39, 0.29) is 6.03 Å². The smallest absolute Gasteiger partial charge is 0.341 e. The molecule has 0 saturated heterocycles. The molecule has 82 valence electrons. The number of aromatic nitrogens is 2. The number of nitrogens with one attached hydrogen (secondary N) is 1. The molecule has 0 unspecified atom stereocenters. The van der Waals surface area contributed by atoms with Gasteiger partial charge in [-0.05, 0) is 22.9 Å². The van der Waals surface area contributed by atoms with E-state index in [0.717, 1.165) is 0 Å². The van der Waals surface area contributed by atoms with Crippen molar-refractivity contribution < 1.29 is 9.63 Å². The number of hydrogen-bond acceptors (Lipinski definition) is 4. The largest absolute Gasteiger partial charge is 0.396 e. The third-order valence-corrected chi connectivity index (χ3v) is 2.11. The molecule has 0 atom stereocenters. The Hall–Kier alpha value is -1.37. The van der Waals surface area contributed by atoms with E-state index in [9.17, 15) is 4.79 Å². The molecule has 0 aromatic carbocycles. The maximum atomic E-state index is 11.2. The van der Waals surface area contributed by atoms with Crippen LogP contribution in [0.5, 0.6) is 0 Å². The molecule has 1 rings (SSSR count). The van der Waals surface area contributed by atoms with Crippen molar-refractivity contribution in [1.29, 1.82) is 0 Å². The summed E-state index contributed by atoms with van der Waals surface area (Å²) in [5.41, 5.74) is 0.534. The first kappa shape index (κ1) is 11.7. The number of halogens is 1. The Morgan fingerprint density at radius 2 is 2.60 bits per heavy atom. The predicted octanol–water partition coefficient (Wildman–Crippen LogP) is 1.20. The van der Waals surface area contributed by atoms with Crippen LogP contribution in [0.3, 0.4) is 0 Å². The lowest BCUT2D eigenvalue weighted by Crippen LogP contribution is -2.24. The fourth-order valence-electron chi connectivity index (χ4n) is 0.834. The summed E-state index contributed by atoms with van der Waals surface area (Å²) in [5.74, 6) is 0. The molecule has 1 amide bonds. The fraction of sp³-hybridized carbons (Fsp3) is 0.375. The summed E-state index contributed by atoms with van der Waals surface area (Å²) in [4.78, 5) is 16.0. The number of nitrogens with zero attached hydrogens (tertiary/aromatic N) is 3. The van der Waals surface area contributed by atoms with Crippen molar-refractivity contribution in [2.24, 2.45) is 5.16 Å². The second kappa shape index (κ2) is 5.50. The van der Waals surface area contributed by atoms with Crippen LogP contribution in [0.4, 0.5) is 4.79 Å². The van der Waals surface area contributed by atoms with Gasteiger partial charge in [-0.15, -0.1) is 0 Å². The van der Waals surface area contributed by atoms with Crippen molar-refractivity contribution in [3.05, 3.63) is 16.4 Å². The first-order valence-electron chi connectivity index (χ1n) is 4.31. The van der Waals surface area contributed by atoms with Crippen LogP contribution in [0.2, 0.25) is 0 Å². The van der Waals surface area contributed by atoms with E-state index in [0.29, 0.717) is 16.8 Å². The minimum Gasteiger partial charge on any atom is -0.396 e. The molecule has 1 aromatic rings. The summed E-state index contributed by atoms with van der Waals surface area (Å²) in [6.07, 6.45) is 2.99. The van der Waals surface area contributed by atoms with Crippen LogP contribution in [0.15, 0.2) is 15.8 Å². The zero-order valence-electron chi connectivity index (χ0n) is 8.40. The van der Waals surface area contributed by atoms with Gasteiger partial charge in [0.25, 0.3) is 0 Å². The molecule has 1 N–H and O–H groups in total. The van der Waals surface area contributed by atoms with E-state index in [1.54, 1.807) is 6.20 Å². The predicted molar refractivity (Wildman–Crippen MR) is 59.0 cm³/mol. The van der Waals surface area contributed by atoms with Gasteiger partial charge < -0.3 is 10.2 Å². The summed E-state index contributed by atoms with van der Waals surface area (Å²) in [5, 5.41) is 10.1. The summed E-state index contributed by atoms with van der Waals surface area (Å²) in [7, 11) is 1.53. The highest BCUT2D eigenvalue weighted by Crippen LogP contribution is 2.12. The molecule has 0 bridgehead atoms. The molecule has 1 heterocycles. The van der Waals surface area contributed by atoms with E-state index in [1.807, 2.05) is 6.92 Å². The molecule has 0 aliphatic rings. The summed E-state index contributed by atoms with van der Waals surface area (Å²) < 4.78 is 1.85. The van der Waals surface area contributed by atoms with E-state index < -0.39 is 0 Å². The molecular formula is C8H11BrN4O2. The summed E-state index contributed by atoms with van der Waals surface area (Å²) >= 11 is 3.26. The molecule has 0 fully saturated rings. The molecular weight excluding hydrogens is 264 g/mol. The van der Waals surface area contributed by atoms with Crippen molar-refractivity contribution in [3.8, 4) is 0 Å². The normalized spacial score (nSPS) is 10.6. The van der Waals surface area contributed by atoms with Gasteiger partial charge in [0.15, 0.2) is 0 Å². The second-order valence-electron chi connectivity index (χ2n) is 2.51. The monoisotopic (exact) mass is 274 g/mol. The van der Waals surface area contributed by atoms with Crippen LogP contribution < -0.4 is 5.32 Å². The Labute approximate surface area is 95.4 Å². The maximum absolute atomic E-state index is 11.2. The van der Waals surface area contributed by atoms with Crippen LogP contribution in [0.1, 0.15) is 12.6 Å². The van der Waals surface area contributed by atoms with Crippen molar-refractivity contribution in [2.45, 2.75) is 6.92 Å². The van der Waals surface area contributed by atoms with Gasteiger partial charge in [0, 0.05) is 7.05 Å². The Kier molecular flexibility index (Phi) is 4.29. The Balaban J connectivity index is 2.82. The molecule has 0 spiro atoms. The van der Waals surface area contributed by atoms with Gasteiger partial charge in [0.05, 0.1) is 16.9 Å². The lowest BCUT2D eigenvalue weighted by molar-refractivity contribution is 0.160. The molecule has 0 saturated carbocycles. The quantitative estimate of drug-likeness (QED) is 0.665. The SMILES string of the molecule is CCON=Cc1nn(C(=O)NC)cc1Br. The van der Waals surface area contributed by atoms with Crippen molar-refractivity contribution in [2.75, 3.05) is 13.7 Å². The number of oxime groups is 1. The van der Waals surface area contributed by atoms with Crippen LogP contribution in [0.25, 0.3) is 0 Å². The highest BCUT2D eigenvalue weighted by molar-refractivity contribution is 9.10. The Morgan fingerprint density at radius 1 is 1.87 bits per heavy atom. The lowest BCUT2D eigenvalue weighted by atomic mass is 10.5. The third kappa shape index (κ3) is 3.05. The average molecular weight is 275 g/mol. The van der Waals surface area contributed by atoms with Crippen LogP contribution in [-0.4, -0.2) is 35.7 Å². The highest BCUT2D eigenvalue weighted by Gasteiger charge is 2.08. The minimum absolute atomic E-state index is 0.313. The number of amides is 1. The van der Waals surface area contributed by atoms with E-state index >= 15 is 0 Å². The standard InChI is InChI=1S/C8H11BrN4O2/c1-3-15-11-4-7-6(9)5-13(12-7)8(14)10-2/h4-5H,3H2,1-2H3,(H,10,14). The third-order valence-electron chi connectivity index (χ3n) is 1.50. The van der Waals surface area contributed by atoms with Crippen molar-refractivity contribution in [1.82, 2.24) is 15.1 Å². The van der Waals surface area contributed by atoms with Crippen LogP contribution >= 0.6 is 15.9 Å². The number of carbonyl (C=O) groups is 1. The van der Waals surface area contributed by atoms with Crippen LogP contribution in [-0.2, 0) is 4.84 Å². The van der Waals surface area contributed by atoms with Gasteiger partial charge in [-0.3, -0.25) is 0 Å². The second-order valence-corrected chi connectivity index (χ2v) is 3.37. The number of rotatable bonds is 3. The van der Waals surface area contributed by atoms with E-state index in [4.69, 9.17) is 4.84 Å². The van der Waals surface area contributed by atoms with Gasteiger partial charge in [-0.1, -0.05) is 5.16 Å². The molecule has 0 aliphatic heterocycles. The van der Waals surface area contributed by atoms with Gasteiger partial charge >= 0.3 is 6.03 Å². The molecule has 7 heteroatoms. The van der Waals surface area contributed by atoms with Crippen LogP contribution in [0, 0.1) is 0 Å². The lowest BCUT2D eigenvalue weighted by Gasteiger charge is -1.95. The van der Waals surface area contributed by atoms with E-state index in [1.165, 1.54) is 17.9 Å². The van der Waals surface area contributed by atoms with Gasteiger partial charge in [0.1, 0.15) is 12.3 Å².